The van der Waals surface area contributed by atoms with Gasteiger partial charge in [0.1, 0.15) is 5.82 Å². The molecule has 2 saturated heterocycles. The summed E-state index contributed by atoms with van der Waals surface area (Å²) in [6, 6.07) is 18.9. The van der Waals surface area contributed by atoms with E-state index < -0.39 is 5.41 Å². The lowest BCUT2D eigenvalue weighted by Crippen LogP contribution is -2.49. The lowest BCUT2D eigenvalue weighted by Gasteiger charge is -2.44. The Morgan fingerprint density at radius 1 is 1.08 bits per heavy atom. The zero-order chi connectivity index (χ0) is 26.7. The number of Topliss-reactive ketones (excluding diaryl/α,β-unsaturated/α-hetero) is 1. The number of carbonyl (C=O) groups excluding carboxylic acids is 1. The Bertz CT molecular complexity index is 1260. The summed E-state index contributed by atoms with van der Waals surface area (Å²) in [6.45, 7) is 8.83. The highest BCUT2D eigenvalue weighted by Crippen LogP contribution is 2.42. The van der Waals surface area contributed by atoms with Crippen LogP contribution in [0.5, 0.6) is 0 Å². The second kappa shape index (κ2) is 11.4. The van der Waals surface area contributed by atoms with Crippen LogP contribution in [0.15, 0.2) is 65.6 Å². The molecule has 200 valence electrons. The predicted octanol–water partition coefficient (Wildman–Crippen LogP) is 5.32. The quantitative estimate of drug-likeness (QED) is 0.385. The van der Waals surface area contributed by atoms with E-state index >= 15 is 0 Å². The fourth-order valence-electron chi connectivity index (χ4n) is 5.44. The molecule has 2 aliphatic heterocycles. The van der Waals surface area contributed by atoms with Crippen LogP contribution in [0.1, 0.15) is 36.0 Å². The van der Waals surface area contributed by atoms with Gasteiger partial charge >= 0.3 is 0 Å². The van der Waals surface area contributed by atoms with Crippen molar-refractivity contribution < 1.29 is 9.53 Å². The molecule has 4 heterocycles. The molecule has 0 saturated carbocycles. The number of nitrogens with zero attached hydrogens (tertiary/aromatic N) is 4. The van der Waals surface area contributed by atoms with Crippen LogP contribution in [0.2, 0.25) is 0 Å². The van der Waals surface area contributed by atoms with E-state index in [2.05, 4.69) is 70.3 Å². The average molecular weight is 531 g/mol. The van der Waals surface area contributed by atoms with Gasteiger partial charge in [-0.15, -0.1) is 11.3 Å². The van der Waals surface area contributed by atoms with E-state index in [1.807, 2.05) is 38.4 Å². The Labute approximate surface area is 230 Å². The van der Waals surface area contributed by atoms with Crippen LogP contribution < -0.4 is 9.80 Å². The van der Waals surface area contributed by atoms with E-state index in [1.165, 1.54) is 4.88 Å². The number of pyridine rings is 1. The number of ether oxygens (including phenoxy) is 1. The van der Waals surface area contributed by atoms with Crippen LogP contribution >= 0.6 is 11.3 Å². The normalized spacial score (nSPS) is 21.2. The number of thiophene rings is 1. The monoisotopic (exact) mass is 530 g/mol. The second-order valence-corrected chi connectivity index (χ2v) is 12.1. The van der Waals surface area contributed by atoms with Crippen molar-refractivity contribution >= 4 is 34.7 Å². The van der Waals surface area contributed by atoms with Gasteiger partial charge in [-0.2, -0.15) is 0 Å². The minimum atomic E-state index is -0.483. The van der Waals surface area contributed by atoms with Gasteiger partial charge in [0.15, 0.2) is 5.78 Å². The maximum absolute atomic E-state index is 14.0. The lowest BCUT2D eigenvalue weighted by molar-refractivity contribution is -0.128. The molecule has 0 amide bonds. The van der Waals surface area contributed by atoms with Crippen LogP contribution in [0.4, 0.5) is 11.5 Å². The molecule has 0 spiro atoms. The molecule has 0 N–H and O–H groups in total. The van der Waals surface area contributed by atoms with Crippen LogP contribution in [0, 0.1) is 5.41 Å². The summed E-state index contributed by atoms with van der Waals surface area (Å²) in [5, 5.41) is 2.13. The summed E-state index contributed by atoms with van der Waals surface area (Å²) in [5.74, 6) is 1.14. The van der Waals surface area contributed by atoms with E-state index in [4.69, 9.17) is 9.72 Å². The number of anilines is 2. The van der Waals surface area contributed by atoms with E-state index in [-0.39, 0.29) is 11.8 Å². The first-order valence-electron chi connectivity index (χ1n) is 13.4. The minimum absolute atomic E-state index is 0.124. The second-order valence-electron chi connectivity index (χ2n) is 11.0. The van der Waals surface area contributed by atoms with Gasteiger partial charge in [-0.1, -0.05) is 38.1 Å². The molecule has 1 atom stereocenters. The third kappa shape index (κ3) is 5.85. The van der Waals surface area contributed by atoms with E-state index in [1.54, 1.807) is 11.3 Å². The van der Waals surface area contributed by atoms with Gasteiger partial charge in [-0.25, -0.2) is 4.98 Å². The van der Waals surface area contributed by atoms with Crippen molar-refractivity contribution in [2.75, 3.05) is 63.3 Å². The van der Waals surface area contributed by atoms with Gasteiger partial charge in [-0.05, 0) is 53.8 Å². The Morgan fingerprint density at radius 3 is 2.53 bits per heavy atom. The molecule has 1 aromatic carbocycles. The van der Waals surface area contributed by atoms with Crippen molar-refractivity contribution in [3.63, 3.8) is 0 Å². The highest BCUT2D eigenvalue weighted by Gasteiger charge is 2.43. The van der Waals surface area contributed by atoms with Crippen LogP contribution in [0.25, 0.3) is 6.08 Å². The highest BCUT2D eigenvalue weighted by molar-refractivity contribution is 7.09. The molecule has 38 heavy (non-hydrogen) atoms. The Hall–Kier alpha value is -3.00. The fourth-order valence-corrected chi connectivity index (χ4v) is 6.13. The third-order valence-electron chi connectivity index (χ3n) is 7.48. The SMILES string of the molecule is CN(C)c1ccc(C2C(=Cc3cccc(N4CCOCC4)n3)C(=O)C(C)(C)CN2CCc2cccs2)cc1. The fraction of sp³-hybridized carbons (Fsp3) is 0.419. The number of ketones is 1. The van der Waals surface area contributed by atoms with Crippen molar-refractivity contribution in [1.29, 1.82) is 0 Å². The summed E-state index contributed by atoms with van der Waals surface area (Å²) >= 11 is 1.80. The molecule has 1 unspecified atom stereocenters. The van der Waals surface area contributed by atoms with E-state index in [9.17, 15) is 4.79 Å². The Morgan fingerprint density at radius 2 is 1.84 bits per heavy atom. The van der Waals surface area contributed by atoms with Crippen molar-refractivity contribution in [3.05, 3.63) is 81.7 Å². The van der Waals surface area contributed by atoms with Crippen LogP contribution in [-0.4, -0.2) is 69.2 Å². The third-order valence-corrected chi connectivity index (χ3v) is 8.42. The number of benzene rings is 1. The molecule has 0 aliphatic carbocycles. The van der Waals surface area contributed by atoms with Gasteiger partial charge in [-0.3, -0.25) is 9.69 Å². The lowest BCUT2D eigenvalue weighted by atomic mass is 9.74. The number of piperidine rings is 1. The molecule has 6 nitrogen and oxygen atoms in total. The van der Waals surface area contributed by atoms with Crippen molar-refractivity contribution in [3.8, 4) is 0 Å². The Kier molecular flexibility index (Phi) is 7.98. The van der Waals surface area contributed by atoms with Crippen molar-refractivity contribution in [2.24, 2.45) is 5.41 Å². The number of aromatic nitrogens is 1. The topological polar surface area (TPSA) is 48.9 Å². The molecule has 7 heteroatoms. The zero-order valence-corrected chi connectivity index (χ0v) is 23.7. The first-order chi connectivity index (χ1) is 18.3. The maximum atomic E-state index is 14.0. The van der Waals surface area contributed by atoms with Gasteiger partial charge < -0.3 is 14.5 Å². The first-order valence-corrected chi connectivity index (χ1v) is 14.3. The van der Waals surface area contributed by atoms with Crippen molar-refractivity contribution in [2.45, 2.75) is 26.3 Å². The summed E-state index contributed by atoms with van der Waals surface area (Å²) < 4.78 is 5.52. The number of rotatable bonds is 7. The number of hydrogen-bond donors (Lipinski definition) is 0. The zero-order valence-electron chi connectivity index (χ0n) is 22.9. The summed E-state index contributed by atoms with van der Waals surface area (Å²) in [4.78, 5) is 27.2. The molecule has 3 aromatic rings. The van der Waals surface area contributed by atoms with Gasteiger partial charge in [0.25, 0.3) is 0 Å². The largest absolute Gasteiger partial charge is 0.378 e. The van der Waals surface area contributed by atoms with Gasteiger partial charge in [0, 0.05) is 61.8 Å². The van der Waals surface area contributed by atoms with Crippen LogP contribution in [0.3, 0.4) is 0 Å². The average Bonchev–Trinajstić information content (AvgIpc) is 3.45. The molecule has 0 radical (unpaired) electrons. The number of carbonyl (C=O) groups is 1. The number of hydrogen-bond acceptors (Lipinski definition) is 7. The minimum Gasteiger partial charge on any atom is -0.378 e. The maximum Gasteiger partial charge on any atom is 0.167 e. The smallest absolute Gasteiger partial charge is 0.167 e. The summed E-state index contributed by atoms with van der Waals surface area (Å²) in [5.41, 5.74) is 3.44. The molecule has 5 rings (SSSR count). The van der Waals surface area contributed by atoms with Crippen LogP contribution in [-0.2, 0) is 16.0 Å². The molecule has 2 fully saturated rings. The number of likely N-dealkylation sites (tertiary alicyclic amines) is 1. The molecule has 2 aromatic heterocycles. The first kappa shape index (κ1) is 26.6. The molecule has 0 bridgehead atoms. The van der Waals surface area contributed by atoms with Gasteiger partial charge in [0.2, 0.25) is 0 Å². The Balaban J connectivity index is 1.55. The number of morpholine rings is 1. The standard InChI is InChI=1S/C31H38N4O2S/c1-31(2)22-35(15-14-26-8-6-20-38-26)29(23-10-12-25(13-11-23)33(3)4)27(30(31)36)21-24-7-5-9-28(32-24)34-16-18-37-19-17-34/h5-13,20-21,29H,14-19,22H2,1-4H3. The van der Waals surface area contributed by atoms with E-state index in [0.29, 0.717) is 13.2 Å². The molecular formula is C31H38N4O2S. The molecular weight excluding hydrogens is 492 g/mol. The highest BCUT2D eigenvalue weighted by atomic mass is 32.1. The summed E-state index contributed by atoms with van der Waals surface area (Å²) in [7, 11) is 4.10. The predicted molar refractivity (Wildman–Crippen MR) is 157 cm³/mol. The van der Waals surface area contributed by atoms with Crippen molar-refractivity contribution in [1.82, 2.24) is 9.88 Å². The van der Waals surface area contributed by atoms with Gasteiger partial charge in [0.05, 0.1) is 24.9 Å². The molecule has 2 aliphatic rings. The summed E-state index contributed by atoms with van der Waals surface area (Å²) in [6.07, 6.45) is 3.00. The van der Waals surface area contributed by atoms with E-state index in [0.717, 1.165) is 60.9 Å².